The summed E-state index contributed by atoms with van der Waals surface area (Å²) in [6.07, 6.45) is 97.4. The summed E-state index contributed by atoms with van der Waals surface area (Å²) in [4.78, 5) is 23.4. The number of amides is 1. The highest BCUT2D eigenvalue weighted by Crippen LogP contribution is 2.43. The molecular weight excluding hydrogens is 1060 g/mol. The van der Waals surface area contributed by atoms with E-state index in [0.717, 1.165) is 96.3 Å². The number of carbonyl (C=O) groups is 1. The monoisotopic (exact) mass is 1190 g/mol. The first kappa shape index (κ1) is 80.6. The molecule has 0 aliphatic rings. The van der Waals surface area contributed by atoms with Crippen LogP contribution in [0.4, 0.5) is 0 Å². The Balaban J connectivity index is 4.24. The van der Waals surface area contributed by atoms with Crippen molar-refractivity contribution in [3.63, 3.8) is 0 Å². The fraction of sp³-hybridized carbons (Fsp3) is 0.693. The van der Waals surface area contributed by atoms with Gasteiger partial charge in [-0.1, -0.05) is 314 Å². The van der Waals surface area contributed by atoms with E-state index in [9.17, 15) is 19.4 Å². The lowest BCUT2D eigenvalue weighted by atomic mass is 10.0. The van der Waals surface area contributed by atoms with Gasteiger partial charge in [0.05, 0.1) is 39.9 Å². The molecule has 0 bridgehead atoms. The van der Waals surface area contributed by atoms with E-state index in [1.807, 2.05) is 27.2 Å². The number of unbranched alkanes of at least 4 members (excludes halogenated alkanes) is 29. The number of hydrogen-bond donors (Lipinski definition) is 3. The number of phosphoric acid groups is 1. The van der Waals surface area contributed by atoms with Crippen LogP contribution in [0, 0.1) is 0 Å². The van der Waals surface area contributed by atoms with Crippen LogP contribution in [0.15, 0.2) is 134 Å². The smallest absolute Gasteiger partial charge is 0.387 e. The lowest BCUT2D eigenvalue weighted by Gasteiger charge is -2.25. The average molecular weight is 1190 g/mol. The van der Waals surface area contributed by atoms with Crippen LogP contribution in [0.3, 0.4) is 0 Å². The number of hydrogen-bond acceptors (Lipinski definition) is 5. The third-order valence-electron chi connectivity index (χ3n) is 14.9. The summed E-state index contributed by atoms with van der Waals surface area (Å²) in [5, 5.41) is 14.0. The molecule has 8 nitrogen and oxygen atoms in total. The van der Waals surface area contributed by atoms with E-state index in [4.69, 9.17) is 9.05 Å². The van der Waals surface area contributed by atoms with Crippen LogP contribution in [0.25, 0.3) is 0 Å². The normalized spacial score (nSPS) is 14.5. The predicted octanol–water partition coefficient (Wildman–Crippen LogP) is 22.2. The van der Waals surface area contributed by atoms with E-state index in [2.05, 4.69) is 141 Å². The van der Waals surface area contributed by atoms with Crippen molar-refractivity contribution in [3.8, 4) is 0 Å². The summed E-state index contributed by atoms with van der Waals surface area (Å²) in [6.45, 7) is 4.68. The molecule has 0 saturated heterocycles. The van der Waals surface area contributed by atoms with Gasteiger partial charge < -0.3 is 19.8 Å². The van der Waals surface area contributed by atoms with Gasteiger partial charge in [0.1, 0.15) is 13.2 Å². The van der Waals surface area contributed by atoms with Crippen molar-refractivity contribution in [2.75, 3.05) is 40.9 Å². The third-order valence-corrected chi connectivity index (χ3v) is 15.9. The minimum Gasteiger partial charge on any atom is -0.387 e. The summed E-state index contributed by atoms with van der Waals surface area (Å²) in [7, 11) is 1.53. The Morgan fingerprint density at radius 3 is 1.05 bits per heavy atom. The van der Waals surface area contributed by atoms with E-state index in [0.29, 0.717) is 23.9 Å². The standard InChI is InChI=1S/C75H131N2O6P/c1-6-8-10-12-14-16-18-20-22-24-26-28-30-32-34-36-37-38-39-41-43-45-47-49-51-53-55-57-59-61-63-65-67-69-75(79)76-73(72-83-84(80,81)82-71-70-77(3,4)5)74(78)68-66-64-62-60-58-56-54-52-50-48-46-44-42-40-35-33-31-29-27-25-23-21-19-17-15-13-11-9-7-2/h8,10,14,16,20,22,26,28,32,34,37-38,41,43,47,49,53,55,59,61,66,68,73-74,78H,6-7,9,11-13,15,17-19,21,23-25,27,29-31,33,35-36,39-40,42,44-46,48,50-52,54,56-58,60,62-65,67,69-72H2,1-5H3,(H-,76,79,80,81)/p+1/b10-8-,16-14-,22-20-,28-26-,34-32-,38-37-,43-41-,49-47-,55-53-,61-59-,68-66+. The fourth-order valence-corrected chi connectivity index (χ4v) is 10.3. The molecule has 3 unspecified atom stereocenters. The fourth-order valence-electron chi connectivity index (χ4n) is 9.54. The molecule has 84 heavy (non-hydrogen) atoms. The molecule has 0 heterocycles. The van der Waals surface area contributed by atoms with Crippen LogP contribution in [-0.2, 0) is 18.4 Å². The summed E-state index contributed by atoms with van der Waals surface area (Å²) in [5.41, 5.74) is 0. The van der Waals surface area contributed by atoms with Crippen molar-refractivity contribution in [3.05, 3.63) is 134 Å². The van der Waals surface area contributed by atoms with Gasteiger partial charge >= 0.3 is 7.82 Å². The van der Waals surface area contributed by atoms with Crippen LogP contribution < -0.4 is 5.32 Å². The van der Waals surface area contributed by atoms with Crippen LogP contribution >= 0.6 is 7.82 Å². The number of quaternary nitrogens is 1. The Morgan fingerprint density at radius 2 is 0.714 bits per heavy atom. The first-order chi connectivity index (χ1) is 41.0. The molecule has 0 radical (unpaired) electrons. The van der Waals surface area contributed by atoms with Crippen molar-refractivity contribution in [2.45, 2.75) is 296 Å². The molecule has 3 N–H and O–H groups in total. The van der Waals surface area contributed by atoms with Gasteiger partial charge in [0.15, 0.2) is 0 Å². The van der Waals surface area contributed by atoms with Gasteiger partial charge in [-0.3, -0.25) is 13.8 Å². The molecule has 0 rings (SSSR count). The Bertz CT molecular complexity index is 1830. The lowest BCUT2D eigenvalue weighted by Crippen LogP contribution is -2.45. The number of nitrogens with one attached hydrogen (secondary N) is 1. The second-order valence-electron chi connectivity index (χ2n) is 24.2. The molecule has 0 aromatic heterocycles. The second kappa shape index (κ2) is 64.1. The van der Waals surface area contributed by atoms with Gasteiger partial charge in [0, 0.05) is 6.42 Å². The van der Waals surface area contributed by atoms with Crippen LogP contribution in [0.2, 0.25) is 0 Å². The van der Waals surface area contributed by atoms with Gasteiger partial charge in [0.2, 0.25) is 5.91 Å². The highest BCUT2D eigenvalue weighted by atomic mass is 31.2. The largest absolute Gasteiger partial charge is 0.472 e. The lowest BCUT2D eigenvalue weighted by molar-refractivity contribution is -0.870. The minimum atomic E-state index is -4.38. The molecule has 0 aliphatic heterocycles. The highest BCUT2D eigenvalue weighted by molar-refractivity contribution is 7.47. The Labute approximate surface area is 519 Å². The first-order valence-corrected chi connectivity index (χ1v) is 36.1. The number of aliphatic hydroxyl groups excluding tert-OH is 1. The summed E-state index contributed by atoms with van der Waals surface area (Å²) < 4.78 is 23.8. The number of phosphoric ester groups is 1. The van der Waals surface area contributed by atoms with Crippen LogP contribution in [-0.4, -0.2) is 73.4 Å². The molecule has 482 valence electrons. The molecule has 0 aromatic carbocycles. The van der Waals surface area contributed by atoms with E-state index in [1.165, 1.54) is 161 Å². The Morgan fingerprint density at radius 1 is 0.417 bits per heavy atom. The number of likely N-dealkylation sites (N-methyl/N-ethyl adjacent to an activating group) is 1. The molecule has 0 fully saturated rings. The van der Waals surface area contributed by atoms with Crippen molar-refractivity contribution >= 4 is 13.7 Å². The van der Waals surface area contributed by atoms with Crippen LogP contribution in [0.5, 0.6) is 0 Å². The minimum absolute atomic E-state index is 0.0459. The molecule has 1 amide bonds. The molecule has 9 heteroatoms. The molecule has 0 saturated carbocycles. The molecule has 0 aliphatic carbocycles. The molecule has 0 spiro atoms. The zero-order valence-electron chi connectivity index (χ0n) is 55.1. The van der Waals surface area contributed by atoms with E-state index in [1.54, 1.807) is 6.08 Å². The van der Waals surface area contributed by atoms with Gasteiger partial charge in [-0.05, 0) is 96.3 Å². The predicted molar refractivity (Wildman–Crippen MR) is 368 cm³/mol. The number of rotatable bonds is 62. The van der Waals surface area contributed by atoms with E-state index >= 15 is 0 Å². The van der Waals surface area contributed by atoms with E-state index < -0.39 is 20.0 Å². The summed E-state index contributed by atoms with van der Waals surface area (Å²) >= 11 is 0. The number of aliphatic hydroxyl groups is 1. The van der Waals surface area contributed by atoms with Crippen molar-refractivity contribution in [1.29, 1.82) is 0 Å². The SMILES string of the molecule is CC/C=C\C/C=C\C/C=C\C/C=C\C/C=C\C/C=C\C/C=C\C/C=C\C/C=C\C/C=C\CCCCC(=O)NC(COP(=O)(O)OCC[N+](C)(C)C)C(O)/C=C/CCCCCCCCCCCCCCCCCCCCCCCCCCCCC. The topological polar surface area (TPSA) is 105 Å². The van der Waals surface area contributed by atoms with Gasteiger partial charge in [-0.25, -0.2) is 4.57 Å². The maximum absolute atomic E-state index is 13.0. The highest BCUT2D eigenvalue weighted by Gasteiger charge is 2.28. The number of carbonyl (C=O) groups excluding carboxylic acids is 1. The van der Waals surface area contributed by atoms with Crippen molar-refractivity contribution < 1.29 is 32.9 Å². The van der Waals surface area contributed by atoms with Gasteiger partial charge in [-0.2, -0.15) is 0 Å². The number of allylic oxidation sites excluding steroid dienone is 21. The van der Waals surface area contributed by atoms with Crippen molar-refractivity contribution in [1.82, 2.24) is 5.32 Å². The first-order valence-electron chi connectivity index (χ1n) is 34.6. The Kier molecular flexibility index (Phi) is 61.6. The van der Waals surface area contributed by atoms with Gasteiger partial charge in [-0.15, -0.1) is 0 Å². The Hall–Kier alpha value is -3.36. The van der Waals surface area contributed by atoms with Crippen molar-refractivity contribution in [2.24, 2.45) is 0 Å². The third kappa shape index (κ3) is 66.2. The molecule has 0 aromatic rings. The summed E-state index contributed by atoms with van der Waals surface area (Å²) in [6, 6.07) is -0.882. The molecular formula is C75H132N2O6P+. The van der Waals surface area contributed by atoms with Crippen LogP contribution in [0.1, 0.15) is 284 Å². The number of nitrogens with zero attached hydrogens (tertiary/aromatic N) is 1. The maximum atomic E-state index is 13.0. The summed E-state index contributed by atoms with van der Waals surface area (Å²) in [5.74, 6) is -0.222. The maximum Gasteiger partial charge on any atom is 0.472 e. The van der Waals surface area contributed by atoms with Gasteiger partial charge in [0.25, 0.3) is 0 Å². The average Bonchev–Trinajstić information content (AvgIpc) is 3.56. The quantitative estimate of drug-likeness (QED) is 0.0243. The zero-order chi connectivity index (χ0) is 61.2. The second-order valence-corrected chi connectivity index (χ2v) is 25.6. The zero-order valence-corrected chi connectivity index (χ0v) is 56.0. The van der Waals surface area contributed by atoms with E-state index in [-0.39, 0.29) is 19.1 Å². The molecule has 3 atom stereocenters.